The first-order valence-corrected chi connectivity index (χ1v) is 13.2. The lowest BCUT2D eigenvalue weighted by molar-refractivity contribution is 0.521. The number of anilines is 2. The Kier molecular flexibility index (Phi) is 5.75. The van der Waals surface area contributed by atoms with Crippen LogP contribution in [0.15, 0.2) is 94.9 Å². The molecule has 0 saturated heterocycles. The highest BCUT2D eigenvalue weighted by atomic mass is 15.4. The normalized spacial score (nSPS) is 20.2. The van der Waals surface area contributed by atoms with Crippen LogP contribution in [-0.4, -0.2) is 36.8 Å². The summed E-state index contributed by atoms with van der Waals surface area (Å²) in [6, 6.07) is 31.1. The summed E-state index contributed by atoms with van der Waals surface area (Å²) in [5.74, 6) is 2.92. The molecular weight excluding hydrogens is 440 g/mol. The monoisotopic (exact) mass is 474 g/mol. The maximum absolute atomic E-state index is 5.31. The molecule has 4 aromatic carbocycles. The average molecular weight is 475 g/mol. The second-order valence-corrected chi connectivity index (χ2v) is 10.8. The fraction of sp³-hybridized carbons (Fsp3) is 0.312. The first-order valence-electron chi connectivity index (χ1n) is 13.2. The average Bonchev–Trinajstić information content (AvgIpc) is 3.53. The molecule has 0 fully saturated rings. The van der Waals surface area contributed by atoms with Crippen LogP contribution in [-0.2, 0) is 0 Å². The van der Waals surface area contributed by atoms with Gasteiger partial charge in [0.25, 0.3) is 0 Å². The van der Waals surface area contributed by atoms with E-state index in [9.17, 15) is 0 Å². The van der Waals surface area contributed by atoms with E-state index < -0.39 is 0 Å². The van der Waals surface area contributed by atoms with Gasteiger partial charge >= 0.3 is 0 Å². The molecule has 4 aromatic rings. The molecule has 0 N–H and O–H groups in total. The second-order valence-electron chi connectivity index (χ2n) is 10.8. The van der Waals surface area contributed by atoms with Gasteiger partial charge in [-0.05, 0) is 57.6 Å². The number of aliphatic imine (C=N–C) groups is 2. The number of hydrogen-bond acceptors (Lipinski definition) is 4. The van der Waals surface area contributed by atoms with Gasteiger partial charge in [0.05, 0.1) is 12.1 Å². The highest BCUT2D eigenvalue weighted by Crippen LogP contribution is 2.32. The minimum absolute atomic E-state index is 0.241. The van der Waals surface area contributed by atoms with Crippen LogP contribution in [0, 0.1) is 11.8 Å². The Labute approximate surface area is 214 Å². The zero-order valence-corrected chi connectivity index (χ0v) is 21.6. The highest BCUT2D eigenvalue weighted by Gasteiger charge is 2.38. The first kappa shape index (κ1) is 22.8. The van der Waals surface area contributed by atoms with Crippen LogP contribution < -0.4 is 9.80 Å². The maximum atomic E-state index is 5.31. The lowest BCUT2D eigenvalue weighted by atomic mass is 10.1. The predicted molar refractivity (Wildman–Crippen MR) is 155 cm³/mol. The molecule has 6 rings (SSSR count). The first-order chi connectivity index (χ1) is 17.5. The number of rotatable bonds is 5. The second kappa shape index (κ2) is 9.09. The van der Waals surface area contributed by atoms with Crippen molar-refractivity contribution in [1.82, 2.24) is 0 Å². The topological polar surface area (TPSA) is 31.2 Å². The summed E-state index contributed by atoms with van der Waals surface area (Å²) >= 11 is 0. The van der Waals surface area contributed by atoms with Crippen LogP contribution in [0.25, 0.3) is 21.5 Å². The van der Waals surface area contributed by atoms with Gasteiger partial charge in [0.15, 0.2) is 11.7 Å². The molecule has 0 aliphatic carbocycles. The SMILES string of the molecule is CC(C)C1CN(c2ccc3ccccc3c2)C(C2=NC(C(C)C)CN2c2ccc3ccccc3c2)=N1. The van der Waals surface area contributed by atoms with E-state index in [-0.39, 0.29) is 12.1 Å². The summed E-state index contributed by atoms with van der Waals surface area (Å²) in [5, 5.41) is 5.02. The summed E-state index contributed by atoms with van der Waals surface area (Å²) in [4.78, 5) is 15.4. The third-order valence-electron chi connectivity index (χ3n) is 7.66. The van der Waals surface area contributed by atoms with Gasteiger partial charge in [-0.3, -0.25) is 9.98 Å². The van der Waals surface area contributed by atoms with Crippen molar-refractivity contribution in [3.05, 3.63) is 84.9 Å². The third-order valence-corrected chi connectivity index (χ3v) is 7.66. The molecule has 2 heterocycles. The number of fused-ring (bicyclic) bond motifs is 2. The van der Waals surface area contributed by atoms with Gasteiger partial charge < -0.3 is 9.80 Å². The van der Waals surface area contributed by atoms with Crippen LogP contribution in [0.1, 0.15) is 27.7 Å². The van der Waals surface area contributed by atoms with Crippen molar-refractivity contribution in [3.63, 3.8) is 0 Å². The molecule has 36 heavy (non-hydrogen) atoms. The minimum Gasteiger partial charge on any atom is -0.321 e. The molecule has 2 aliphatic heterocycles. The molecule has 2 unspecified atom stereocenters. The van der Waals surface area contributed by atoms with Gasteiger partial charge in [0.2, 0.25) is 0 Å². The maximum Gasteiger partial charge on any atom is 0.172 e. The van der Waals surface area contributed by atoms with Crippen LogP contribution >= 0.6 is 0 Å². The summed E-state index contributed by atoms with van der Waals surface area (Å²) in [7, 11) is 0. The Hall–Kier alpha value is -3.66. The van der Waals surface area contributed by atoms with Crippen molar-refractivity contribution >= 4 is 44.6 Å². The van der Waals surface area contributed by atoms with Crippen molar-refractivity contribution in [1.29, 1.82) is 0 Å². The zero-order chi connectivity index (χ0) is 24.8. The standard InChI is InChI=1S/C32H34N4/c1-21(2)29-19-35(27-15-13-23-9-5-7-11-25(23)17-27)31(33-29)32-34-30(22(3)4)20-36(32)28-16-14-24-10-6-8-12-26(24)18-28/h5-18,21-22,29-30H,19-20H2,1-4H3. The molecule has 182 valence electrons. The molecule has 0 amide bonds. The van der Waals surface area contributed by atoms with Crippen LogP contribution in [0.3, 0.4) is 0 Å². The lowest BCUT2D eigenvalue weighted by Gasteiger charge is -2.27. The molecule has 2 atom stereocenters. The quantitative estimate of drug-likeness (QED) is 0.307. The van der Waals surface area contributed by atoms with Crippen molar-refractivity contribution < 1.29 is 0 Å². The summed E-state index contributed by atoms with van der Waals surface area (Å²) in [6.45, 7) is 10.8. The van der Waals surface area contributed by atoms with E-state index in [0.29, 0.717) is 11.8 Å². The largest absolute Gasteiger partial charge is 0.321 e. The highest BCUT2D eigenvalue weighted by molar-refractivity contribution is 6.50. The number of nitrogens with zero attached hydrogens (tertiary/aromatic N) is 4. The van der Waals surface area contributed by atoms with E-state index in [1.807, 2.05) is 0 Å². The predicted octanol–water partition coefficient (Wildman–Crippen LogP) is 7.18. The Bertz CT molecular complexity index is 1370. The van der Waals surface area contributed by atoms with Gasteiger partial charge in [0, 0.05) is 24.5 Å². The molecular formula is C32H34N4. The lowest BCUT2D eigenvalue weighted by Crippen LogP contribution is -2.42. The summed E-state index contributed by atoms with van der Waals surface area (Å²) < 4.78 is 0. The Balaban J connectivity index is 1.45. The fourth-order valence-electron chi connectivity index (χ4n) is 5.30. The Morgan fingerprint density at radius 3 is 1.33 bits per heavy atom. The van der Waals surface area contributed by atoms with Gasteiger partial charge in [-0.25, -0.2) is 0 Å². The number of amidine groups is 2. The number of hydrogen-bond donors (Lipinski definition) is 0. The Morgan fingerprint density at radius 2 is 0.944 bits per heavy atom. The van der Waals surface area contributed by atoms with E-state index in [2.05, 4.69) is 122 Å². The van der Waals surface area contributed by atoms with Crippen molar-refractivity contribution in [2.45, 2.75) is 39.8 Å². The van der Waals surface area contributed by atoms with Gasteiger partial charge in [-0.15, -0.1) is 0 Å². The Morgan fingerprint density at radius 1 is 0.556 bits per heavy atom. The van der Waals surface area contributed by atoms with E-state index >= 15 is 0 Å². The van der Waals surface area contributed by atoms with Gasteiger partial charge in [-0.2, -0.15) is 0 Å². The van der Waals surface area contributed by atoms with Crippen molar-refractivity contribution in [2.24, 2.45) is 21.8 Å². The van der Waals surface area contributed by atoms with E-state index in [0.717, 1.165) is 24.8 Å². The minimum atomic E-state index is 0.241. The molecule has 2 aliphatic rings. The summed E-state index contributed by atoms with van der Waals surface area (Å²) in [6.07, 6.45) is 0. The molecule has 4 heteroatoms. The molecule has 0 spiro atoms. The van der Waals surface area contributed by atoms with Crippen molar-refractivity contribution in [2.75, 3.05) is 22.9 Å². The van der Waals surface area contributed by atoms with Crippen LogP contribution in [0.5, 0.6) is 0 Å². The van der Waals surface area contributed by atoms with Crippen LogP contribution in [0.2, 0.25) is 0 Å². The molecule has 4 nitrogen and oxygen atoms in total. The molecule has 0 saturated carbocycles. The third kappa shape index (κ3) is 4.05. The fourth-order valence-corrected chi connectivity index (χ4v) is 5.30. The molecule has 0 radical (unpaired) electrons. The summed E-state index contributed by atoms with van der Waals surface area (Å²) in [5.41, 5.74) is 2.37. The zero-order valence-electron chi connectivity index (χ0n) is 21.6. The van der Waals surface area contributed by atoms with E-state index in [1.54, 1.807) is 0 Å². The number of benzene rings is 4. The van der Waals surface area contributed by atoms with Gasteiger partial charge in [-0.1, -0.05) is 88.4 Å². The van der Waals surface area contributed by atoms with Crippen LogP contribution in [0.4, 0.5) is 11.4 Å². The smallest absolute Gasteiger partial charge is 0.172 e. The van der Waals surface area contributed by atoms with E-state index in [1.165, 1.54) is 32.9 Å². The molecule has 0 bridgehead atoms. The van der Waals surface area contributed by atoms with Gasteiger partial charge in [0.1, 0.15) is 0 Å². The van der Waals surface area contributed by atoms with Crippen molar-refractivity contribution in [3.8, 4) is 0 Å². The van der Waals surface area contributed by atoms with E-state index in [4.69, 9.17) is 9.98 Å². The molecule has 0 aromatic heterocycles.